The van der Waals surface area contributed by atoms with Gasteiger partial charge in [0, 0.05) is 5.57 Å². The van der Waals surface area contributed by atoms with E-state index in [9.17, 15) is 9.59 Å². The van der Waals surface area contributed by atoms with E-state index in [-0.39, 0.29) is 12.2 Å². The van der Waals surface area contributed by atoms with Gasteiger partial charge in [0.1, 0.15) is 12.7 Å². The van der Waals surface area contributed by atoms with E-state index in [0.29, 0.717) is 0 Å². The van der Waals surface area contributed by atoms with E-state index in [1.807, 2.05) is 0 Å². The smallest absolute Gasteiger partial charge is 0.334 e. The van der Waals surface area contributed by atoms with E-state index in [1.165, 1.54) is 6.26 Å². The molecule has 0 aromatic carbocycles. The van der Waals surface area contributed by atoms with Gasteiger partial charge in [0.2, 0.25) is 0 Å². The van der Waals surface area contributed by atoms with Crippen molar-refractivity contribution < 1.29 is 24.2 Å². The van der Waals surface area contributed by atoms with Crippen LogP contribution < -0.4 is 0 Å². The summed E-state index contributed by atoms with van der Waals surface area (Å²) in [6, 6.07) is 0. The van der Waals surface area contributed by atoms with Crippen molar-refractivity contribution in [1.82, 2.24) is 0 Å². The average Bonchev–Trinajstić information content (AvgIpc) is 2.13. The van der Waals surface area contributed by atoms with Gasteiger partial charge in [-0.15, -0.1) is 0 Å². The third-order valence-electron chi connectivity index (χ3n) is 1.41. The van der Waals surface area contributed by atoms with Crippen LogP contribution in [0.4, 0.5) is 0 Å². The van der Waals surface area contributed by atoms with Gasteiger partial charge in [0.05, 0.1) is 12.7 Å². The van der Waals surface area contributed by atoms with Crippen LogP contribution in [0.25, 0.3) is 0 Å². The van der Waals surface area contributed by atoms with Crippen LogP contribution in [-0.2, 0) is 19.1 Å². The summed E-state index contributed by atoms with van der Waals surface area (Å²) < 4.78 is 9.64. The Morgan fingerprint density at radius 1 is 1.53 bits per heavy atom. The number of hydrogen-bond acceptors (Lipinski definition) is 4. The zero-order chi connectivity index (χ0) is 11.8. The minimum absolute atomic E-state index is 0.0899. The highest BCUT2D eigenvalue weighted by molar-refractivity contribution is 5.92. The van der Waals surface area contributed by atoms with Crippen LogP contribution in [-0.4, -0.2) is 29.8 Å². The maximum atomic E-state index is 11.2. The summed E-state index contributed by atoms with van der Waals surface area (Å²) in [7, 11) is 0. The summed E-state index contributed by atoms with van der Waals surface area (Å²) in [6.07, 6.45) is 0.339. The minimum atomic E-state index is -1.12. The maximum absolute atomic E-state index is 11.2. The second-order valence-corrected chi connectivity index (χ2v) is 2.89. The van der Waals surface area contributed by atoms with E-state index in [0.717, 1.165) is 0 Å². The third kappa shape index (κ3) is 6.31. The Labute approximate surface area is 88.0 Å². The van der Waals surface area contributed by atoms with Crippen molar-refractivity contribution in [3.8, 4) is 0 Å². The predicted molar refractivity (Wildman–Crippen MR) is 53.1 cm³/mol. The molecule has 1 N–H and O–H groups in total. The van der Waals surface area contributed by atoms with E-state index >= 15 is 0 Å². The Balaban J connectivity index is 3.95. The highest BCUT2D eigenvalue weighted by atomic mass is 16.6. The fourth-order valence-corrected chi connectivity index (χ4v) is 0.758. The number of hydrogen-bond donors (Lipinski definition) is 1. The Kier molecular flexibility index (Phi) is 5.85. The minimum Gasteiger partial charge on any atom is -0.498 e. The lowest BCUT2D eigenvalue weighted by Gasteiger charge is -2.12. The van der Waals surface area contributed by atoms with Gasteiger partial charge in [-0.1, -0.05) is 13.2 Å². The predicted octanol–water partition coefficient (Wildman–Crippen LogP) is 1.11. The lowest BCUT2D eigenvalue weighted by molar-refractivity contribution is -0.147. The zero-order valence-electron chi connectivity index (χ0n) is 8.56. The summed E-state index contributed by atoms with van der Waals surface area (Å²) in [5.74, 6) is -1.84. The molecule has 0 aliphatic carbocycles. The highest BCUT2D eigenvalue weighted by Gasteiger charge is 2.15. The molecule has 0 spiro atoms. The standard InChI is InChI=1S/C10H14O5/c1-4-14-6-8(3)15-10(13)7(2)5-9(11)12/h4,8H,1-2,5-6H2,3H3,(H,11,12). The molecular weight excluding hydrogens is 200 g/mol. The Hall–Kier alpha value is -1.78. The number of ether oxygens (including phenoxy) is 2. The number of carboxylic acids is 1. The van der Waals surface area contributed by atoms with E-state index in [1.54, 1.807) is 6.92 Å². The molecule has 0 saturated carbocycles. The fraction of sp³-hybridized carbons (Fsp3) is 0.400. The Bertz CT molecular complexity index is 269. The third-order valence-corrected chi connectivity index (χ3v) is 1.41. The first kappa shape index (κ1) is 13.2. The molecule has 0 aromatic rings. The number of carbonyl (C=O) groups excluding carboxylic acids is 1. The molecule has 0 fully saturated rings. The molecule has 0 bridgehead atoms. The van der Waals surface area contributed by atoms with Crippen LogP contribution in [0.1, 0.15) is 13.3 Å². The summed E-state index contributed by atoms with van der Waals surface area (Å²) in [6.45, 7) is 8.44. The highest BCUT2D eigenvalue weighted by Crippen LogP contribution is 2.04. The second kappa shape index (κ2) is 6.64. The second-order valence-electron chi connectivity index (χ2n) is 2.89. The van der Waals surface area contributed by atoms with Crippen molar-refractivity contribution in [3.05, 3.63) is 25.0 Å². The van der Waals surface area contributed by atoms with E-state index in [2.05, 4.69) is 13.2 Å². The molecule has 0 aliphatic rings. The monoisotopic (exact) mass is 214 g/mol. The van der Waals surface area contributed by atoms with Crippen molar-refractivity contribution in [2.75, 3.05) is 6.61 Å². The number of carbonyl (C=O) groups is 2. The first-order chi connectivity index (χ1) is 6.97. The molecular formula is C10H14O5. The molecule has 5 nitrogen and oxygen atoms in total. The SMILES string of the molecule is C=COCC(C)OC(=O)C(=C)CC(=O)O. The molecule has 15 heavy (non-hydrogen) atoms. The molecule has 1 atom stereocenters. The van der Waals surface area contributed by atoms with Crippen molar-refractivity contribution in [1.29, 1.82) is 0 Å². The maximum Gasteiger partial charge on any atom is 0.334 e. The van der Waals surface area contributed by atoms with Gasteiger partial charge >= 0.3 is 11.9 Å². The fourth-order valence-electron chi connectivity index (χ4n) is 0.758. The molecule has 0 radical (unpaired) electrons. The topological polar surface area (TPSA) is 72.8 Å². The van der Waals surface area contributed by atoms with Crippen LogP contribution in [0.3, 0.4) is 0 Å². The molecule has 0 amide bonds. The molecule has 0 aromatic heterocycles. The largest absolute Gasteiger partial charge is 0.498 e. The van der Waals surface area contributed by atoms with Crippen molar-refractivity contribution in [2.24, 2.45) is 0 Å². The normalized spacial score (nSPS) is 11.3. The van der Waals surface area contributed by atoms with Gasteiger partial charge in [-0.25, -0.2) is 4.79 Å². The molecule has 0 rings (SSSR count). The molecule has 0 heterocycles. The Morgan fingerprint density at radius 3 is 2.60 bits per heavy atom. The van der Waals surface area contributed by atoms with Gasteiger partial charge in [0.25, 0.3) is 0 Å². The van der Waals surface area contributed by atoms with Crippen LogP contribution in [0.15, 0.2) is 25.0 Å². The molecule has 5 heteroatoms. The van der Waals surface area contributed by atoms with Crippen LogP contribution in [0.2, 0.25) is 0 Å². The van der Waals surface area contributed by atoms with Gasteiger partial charge in [-0.3, -0.25) is 4.79 Å². The zero-order valence-corrected chi connectivity index (χ0v) is 8.56. The van der Waals surface area contributed by atoms with Crippen LogP contribution >= 0.6 is 0 Å². The van der Waals surface area contributed by atoms with Gasteiger partial charge in [0.15, 0.2) is 0 Å². The lowest BCUT2D eigenvalue weighted by Crippen LogP contribution is -2.21. The van der Waals surface area contributed by atoms with Crippen LogP contribution in [0, 0.1) is 0 Å². The van der Waals surface area contributed by atoms with Crippen molar-refractivity contribution in [2.45, 2.75) is 19.4 Å². The molecule has 0 aliphatic heterocycles. The summed E-state index contributed by atoms with van der Waals surface area (Å²) in [4.78, 5) is 21.5. The molecule has 1 unspecified atom stereocenters. The summed E-state index contributed by atoms with van der Waals surface area (Å²) >= 11 is 0. The molecule has 84 valence electrons. The Morgan fingerprint density at radius 2 is 2.13 bits per heavy atom. The summed E-state index contributed by atoms with van der Waals surface area (Å²) in [5.41, 5.74) is -0.0899. The van der Waals surface area contributed by atoms with Gasteiger partial charge in [-0.2, -0.15) is 0 Å². The first-order valence-electron chi connectivity index (χ1n) is 4.30. The van der Waals surface area contributed by atoms with Gasteiger partial charge in [-0.05, 0) is 6.92 Å². The van der Waals surface area contributed by atoms with Gasteiger partial charge < -0.3 is 14.6 Å². The number of esters is 1. The number of aliphatic carboxylic acids is 1. The van der Waals surface area contributed by atoms with E-state index in [4.69, 9.17) is 14.6 Å². The lowest BCUT2D eigenvalue weighted by atomic mass is 10.2. The average molecular weight is 214 g/mol. The van der Waals surface area contributed by atoms with Crippen LogP contribution in [0.5, 0.6) is 0 Å². The van der Waals surface area contributed by atoms with E-state index < -0.39 is 24.5 Å². The van der Waals surface area contributed by atoms with Crippen molar-refractivity contribution >= 4 is 11.9 Å². The number of rotatable bonds is 7. The first-order valence-corrected chi connectivity index (χ1v) is 4.30. The number of carboxylic acid groups (broad SMARTS) is 1. The summed E-state index contributed by atoms with van der Waals surface area (Å²) in [5, 5.41) is 8.40. The quantitative estimate of drug-likeness (QED) is 0.390. The van der Waals surface area contributed by atoms with Crippen molar-refractivity contribution in [3.63, 3.8) is 0 Å². The molecule has 0 saturated heterocycles.